The van der Waals surface area contributed by atoms with Crippen molar-refractivity contribution in [1.82, 2.24) is 0 Å². The Morgan fingerprint density at radius 1 is 1.33 bits per heavy atom. The second kappa shape index (κ2) is 3.33. The van der Waals surface area contributed by atoms with E-state index in [0.717, 1.165) is 11.5 Å². The molecule has 1 heterocycles. The van der Waals surface area contributed by atoms with E-state index in [1.165, 1.54) is 15.6 Å². The van der Waals surface area contributed by atoms with Crippen LogP contribution in [0.1, 0.15) is 12.0 Å². The van der Waals surface area contributed by atoms with E-state index in [2.05, 4.69) is 45.8 Å². The van der Waals surface area contributed by atoms with E-state index in [4.69, 9.17) is 5.73 Å². The van der Waals surface area contributed by atoms with Crippen molar-refractivity contribution in [3.8, 4) is 0 Å². The van der Waals surface area contributed by atoms with Gasteiger partial charge >= 0.3 is 0 Å². The number of nitrogens with two attached hydrogens (primary N) is 1. The molecule has 0 spiro atoms. The molecule has 0 bridgehead atoms. The summed E-state index contributed by atoms with van der Waals surface area (Å²) in [6.07, 6.45) is 3.45. The Hall–Kier alpha value is -0.840. The molecule has 1 aliphatic carbocycles. The lowest BCUT2D eigenvalue weighted by atomic mass is 10.1. The van der Waals surface area contributed by atoms with Crippen LogP contribution in [0.4, 0.5) is 0 Å². The lowest BCUT2D eigenvalue weighted by Crippen LogP contribution is -2.17. The minimum absolute atomic E-state index is 0.537. The zero-order valence-electron chi connectivity index (χ0n) is 8.15. The number of hydrogen-bond acceptors (Lipinski definition) is 2. The molecule has 2 aliphatic rings. The first kappa shape index (κ1) is 9.39. The average molecular weight is 310 g/mol. The molecule has 1 fully saturated rings. The van der Waals surface area contributed by atoms with Crippen molar-refractivity contribution in [2.45, 2.75) is 6.42 Å². The number of rotatable bonds is 1. The van der Waals surface area contributed by atoms with E-state index in [0.29, 0.717) is 11.8 Å². The van der Waals surface area contributed by atoms with Crippen molar-refractivity contribution in [2.24, 2.45) is 22.6 Å². The van der Waals surface area contributed by atoms with Crippen molar-refractivity contribution >= 4 is 34.1 Å². The summed E-state index contributed by atoms with van der Waals surface area (Å²) in [4.78, 5) is 4.49. The summed E-state index contributed by atoms with van der Waals surface area (Å²) in [5, 5.41) is 0. The smallest absolute Gasteiger partial charge is 0.103 e. The molecule has 2 N–H and O–H groups in total. The van der Waals surface area contributed by atoms with Gasteiger partial charge in [0.15, 0.2) is 0 Å². The standard InChI is InChI=1S/C12H11IN2/c13-10-4-2-1-3-8(10)11-6-7-5-9(7)12(14)15-11/h1-4,6-7,9H,5H2,(H2,14,15). The Morgan fingerprint density at radius 2 is 2.13 bits per heavy atom. The number of hydrogen-bond donors (Lipinski definition) is 1. The molecule has 2 nitrogen and oxygen atoms in total. The topological polar surface area (TPSA) is 38.4 Å². The second-order valence-corrected chi connectivity index (χ2v) is 5.24. The third kappa shape index (κ3) is 1.58. The summed E-state index contributed by atoms with van der Waals surface area (Å²) in [7, 11) is 0. The number of fused-ring (bicyclic) bond motifs is 1. The van der Waals surface area contributed by atoms with E-state index < -0.39 is 0 Å². The van der Waals surface area contributed by atoms with Gasteiger partial charge in [-0.15, -0.1) is 0 Å². The fourth-order valence-electron chi connectivity index (χ4n) is 2.02. The molecule has 2 atom stereocenters. The van der Waals surface area contributed by atoms with Gasteiger partial charge in [-0.3, -0.25) is 0 Å². The van der Waals surface area contributed by atoms with Gasteiger partial charge in [0.1, 0.15) is 5.84 Å². The first-order valence-electron chi connectivity index (χ1n) is 5.06. The van der Waals surface area contributed by atoms with E-state index in [9.17, 15) is 0 Å². The number of benzene rings is 1. The first-order chi connectivity index (χ1) is 7.25. The van der Waals surface area contributed by atoms with E-state index in [1.54, 1.807) is 0 Å². The number of nitrogens with zero attached hydrogens (tertiary/aromatic N) is 1. The van der Waals surface area contributed by atoms with Crippen molar-refractivity contribution in [3.63, 3.8) is 0 Å². The zero-order valence-corrected chi connectivity index (χ0v) is 10.3. The van der Waals surface area contributed by atoms with E-state index in [1.807, 2.05) is 12.1 Å². The van der Waals surface area contributed by atoms with Crippen LogP contribution >= 0.6 is 22.6 Å². The average Bonchev–Trinajstić information content (AvgIpc) is 2.98. The molecule has 15 heavy (non-hydrogen) atoms. The fourth-order valence-corrected chi connectivity index (χ4v) is 2.68. The van der Waals surface area contributed by atoms with Gasteiger partial charge in [0.25, 0.3) is 0 Å². The molecular weight excluding hydrogens is 299 g/mol. The third-order valence-corrected chi connectivity index (χ3v) is 3.93. The summed E-state index contributed by atoms with van der Waals surface area (Å²) in [6.45, 7) is 0. The highest BCUT2D eigenvalue weighted by Crippen LogP contribution is 2.45. The van der Waals surface area contributed by atoms with Crippen molar-refractivity contribution in [3.05, 3.63) is 39.5 Å². The van der Waals surface area contributed by atoms with E-state index >= 15 is 0 Å². The number of amidine groups is 1. The molecule has 1 saturated carbocycles. The molecule has 1 aliphatic heterocycles. The van der Waals surface area contributed by atoms with Gasteiger partial charge in [-0.25, -0.2) is 4.99 Å². The Morgan fingerprint density at radius 3 is 2.87 bits per heavy atom. The molecule has 1 aromatic carbocycles. The Balaban J connectivity index is 2.05. The van der Waals surface area contributed by atoms with Crippen LogP contribution in [0.3, 0.4) is 0 Å². The zero-order chi connectivity index (χ0) is 10.4. The van der Waals surface area contributed by atoms with Crippen LogP contribution < -0.4 is 5.73 Å². The lowest BCUT2D eigenvalue weighted by molar-refractivity contribution is 1.000. The SMILES string of the molecule is NC1=NC(c2ccccc2I)=CC2CC12. The normalized spacial score (nSPS) is 27.8. The van der Waals surface area contributed by atoms with Gasteiger partial charge in [0.05, 0.1) is 5.70 Å². The molecule has 3 rings (SSSR count). The summed E-state index contributed by atoms with van der Waals surface area (Å²) < 4.78 is 1.23. The number of allylic oxidation sites excluding steroid dienone is 1. The summed E-state index contributed by atoms with van der Waals surface area (Å²) in [5.74, 6) is 2.00. The predicted octanol–water partition coefficient (Wildman–Crippen LogP) is 2.64. The molecule has 0 saturated heterocycles. The van der Waals surface area contributed by atoms with Gasteiger partial charge in [0.2, 0.25) is 0 Å². The molecule has 3 heteroatoms. The van der Waals surface area contributed by atoms with Gasteiger partial charge < -0.3 is 5.73 Å². The van der Waals surface area contributed by atoms with Crippen LogP contribution in [-0.4, -0.2) is 5.84 Å². The molecule has 76 valence electrons. The van der Waals surface area contributed by atoms with Crippen LogP contribution in [0.25, 0.3) is 5.70 Å². The largest absolute Gasteiger partial charge is 0.387 e. The van der Waals surface area contributed by atoms with Crippen molar-refractivity contribution in [2.75, 3.05) is 0 Å². The van der Waals surface area contributed by atoms with Crippen molar-refractivity contribution < 1.29 is 0 Å². The number of halogens is 1. The maximum absolute atomic E-state index is 5.90. The molecule has 1 aromatic rings. The highest BCUT2D eigenvalue weighted by Gasteiger charge is 2.41. The van der Waals surface area contributed by atoms with Gasteiger partial charge in [-0.1, -0.05) is 24.3 Å². The Labute approximate surface area is 102 Å². The predicted molar refractivity (Wildman–Crippen MR) is 70.4 cm³/mol. The molecule has 0 radical (unpaired) electrons. The summed E-state index contributed by atoms with van der Waals surface area (Å²) >= 11 is 2.34. The molecule has 0 amide bonds. The maximum Gasteiger partial charge on any atom is 0.103 e. The summed E-state index contributed by atoms with van der Waals surface area (Å²) in [6, 6.07) is 8.29. The minimum atomic E-state index is 0.537. The van der Waals surface area contributed by atoms with Crippen molar-refractivity contribution in [1.29, 1.82) is 0 Å². The summed E-state index contributed by atoms with van der Waals surface area (Å²) in [5.41, 5.74) is 8.16. The highest BCUT2D eigenvalue weighted by molar-refractivity contribution is 14.1. The second-order valence-electron chi connectivity index (χ2n) is 4.07. The van der Waals surface area contributed by atoms with Gasteiger partial charge in [-0.2, -0.15) is 0 Å². The fraction of sp³-hybridized carbons (Fsp3) is 0.250. The van der Waals surface area contributed by atoms with Crippen LogP contribution in [0.5, 0.6) is 0 Å². The highest BCUT2D eigenvalue weighted by atomic mass is 127. The number of aliphatic imine (C=N–C) groups is 1. The quantitative estimate of drug-likeness (QED) is 0.796. The van der Waals surface area contributed by atoms with Crippen LogP contribution in [0.15, 0.2) is 35.3 Å². The first-order valence-corrected chi connectivity index (χ1v) is 6.14. The van der Waals surface area contributed by atoms with Gasteiger partial charge in [-0.05, 0) is 41.0 Å². The van der Waals surface area contributed by atoms with Gasteiger partial charge in [0, 0.05) is 15.1 Å². The Bertz CT molecular complexity index is 476. The monoisotopic (exact) mass is 310 g/mol. The van der Waals surface area contributed by atoms with E-state index in [-0.39, 0.29) is 0 Å². The lowest BCUT2D eigenvalue weighted by Gasteiger charge is -2.10. The third-order valence-electron chi connectivity index (χ3n) is 2.99. The van der Waals surface area contributed by atoms with Crippen LogP contribution in [-0.2, 0) is 0 Å². The molecule has 0 aromatic heterocycles. The molecule has 2 unspecified atom stereocenters. The maximum atomic E-state index is 5.90. The molecular formula is C12H11IN2. The Kier molecular flexibility index (Phi) is 2.09. The minimum Gasteiger partial charge on any atom is -0.387 e. The van der Waals surface area contributed by atoms with Crippen LogP contribution in [0.2, 0.25) is 0 Å². The van der Waals surface area contributed by atoms with Crippen LogP contribution in [0, 0.1) is 15.4 Å².